The maximum absolute atomic E-state index is 14.1. The van der Waals surface area contributed by atoms with Crippen LogP contribution in [-0.2, 0) is 10.4 Å². The fourth-order valence-electron chi connectivity index (χ4n) is 3.41. The number of oxime groups is 1. The summed E-state index contributed by atoms with van der Waals surface area (Å²) in [5, 5.41) is 4.20. The molecule has 1 atom stereocenters. The molecule has 0 bridgehead atoms. The molecule has 31 heavy (non-hydrogen) atoms. The lowest BCUT2D eigenvalue weighted by atomic mass is 9.86. The van der Waals surface area contributed by atoms with Crippen LogP contribution >= 0.6 is 46.7 Å². The molecule has 2 aliphatic rings. The smallest absolute Gasteiger partial charge is 0.374 e. The Morgan fingerprint density at radius 3 is 2.42 bits per heavy atom. The van der Waals surface area contributed by atoms with Crippen LogP contribution in [0.2, 0.25) is 10.0 Å². The third-order valence-corrected chi connectivity index (χ3v) is 8.41. The first-order valence-electron chi connectivity index (χ1n) is 9.27. The Labute approximate surface area is 195 Å². The summed E-state index contributed by atoms with van der Waals surface area (Å²) in [7, 11) is 0. The second kappa shape index (κ2) is 8.54. The molecule has 4 rings (SSSR count). The molecule has 0 spiro atoms. The fourth-order valence-corrected chi connectivity index (χ4v) is 6.15. The van der Waals surface area contributed by atoms with E-state index in [1.54, 1.807) is 36.9 Å². The summed E-state index contributed by atoms with van der Waals surface area (Å²) in [6.07, 6.45) is -5.29. The number of nitrogens with zero attached hydrogens (tertiary/aromatic N) is 1. The van der Waals surface area contributed by atoms with E-state index in [2.05, 4.69) is 5.16 Å². The highest BCUT2D eigenvalue weighted by molar-refractivity contribution is 8.17. The van der Waals surface area contributed by atoms with E-state index < -0.39 is 18.2 Å². The van der Waals surface area contributed by atoms with Gasteiger partial charge in [0.15, 0.2) is 0 Å². The molecule has 0 N–H and O–H groups in total. The van der Waals surface area contributed by atoms with E-state index in [1.807, 2.05) is 0 Å². The van der Waals surface area contributed by atoms with Gasteiger partial charge in [-0.05, 0) is 48.4 Å². The van der Waals surface area contributed by atoms with Crippen LogP contribution in [0.3, 0.4) is 0 Å². The number of benzene rings is 2. The quantitative estimate of drug-likeness (QED) is 0.454. The molecule has 0 saturated carbocycles. The Hall–Kier alpha value is -1.35. The Balaban J connectivity index is 1.61. The first kappa shape index (κ1) is 22.8. The predicted molar refractivity (Wildman–Crippen MR) is 121 cm³/mol. The molecule has 164 valence electrons. The molecule has 2 aliphatic heterocycles. The van der Waals surface area contributed by atoms with E-state index in [0.717, 1.165) is 11.5 Å². The zero-order valence-corrected chi connectivity index (χ0v) is 19.3. The lowest BCUT2D eigenvalue weighted by molar-refractivity contribution is -0.275. The number of hydrogen-bond donors (Lipinski definition) is 0. The van der Waals surface area contributed by atoms with E-state index in [4.69, 9.17) is 28.0 Å². The number of alkyl halides is 3. The van der Waals surface area contributed by atoms with Crippen LogP contribution in [0.1, 0.15) is 33.5 Å². The molecule has 3 nitrogen and oxygen atoms in total. The van der Waals surface area contributed by atoms with Gasteiger partial charge in [-0.15, -0.1) is 0 Å². The summed E-state index contributed by atoms with van der Waals surface area (Å²) in [5.41, 5.74) is -1.06. The van der Waals surface area contributed by atoms with Gasteiger partial charge in [-0.1, -0.05) is 46.2 Å². The summed E-state index contributed by atoms with van der Waals surface area (Å²) in [6, 6.07) is 8.63. The Bertz CT molecular complexity index is 1050. The zero-order chi connectivity index (χ0) is 22.4. The van der Waals surface area contributed by atoms with Crippen LogP contribution < -0.4 is 0 Å². The van der Waals surface area contributed by atoms with Crippen LogP contribution in [0.4, 0.5) is 13.2 Å². The van der Waals surface area contributed by atoms with Crippen molar-refractivity contribution < 1.29 is 22.8 Å². The number of carbonyl (C=O) groups is 1. The van der Waals surface area contributed by atoms with Gasteiger partial charge >= 0.3 is 6.18 Å². The van der Waals surface area contributed by atoms with E-state index in [9.17, 15) is 18.0 Å². The Kier molecular flexibility index (Phi) is 6.29. The van der Waals surface area contributed by atoms with Crippen LogP contribution in [0.5, 0.6) is 0 Å². The third-order valence-electron chi connectivity index (χ3n) is 5.18. The van der Waals surface area contributed by atoms with Crippen LogP contribution in [0.25, 0.3) is 0 Å². The van der Waals surface area contributed by atoms with Crippen LogP contribution in [-0.4, -0.2) is 33.8 Å². The Morgan fingerprint density at radius 2 is 1.87 bits per heavy atom. The van der Waals surface area contributed by atoms with E-state index >= 15 is 0 Å². The molecule has 2 heterocycles. The van der Waals surface area contributed by atoms with Crippen LogP contribution in [0, 0.1) is 6.92 Å². The SMILES string of the molecule is Cc1cc(C2=NOC(c3cc(Cl)cc(Cl)c3)(C(F)(F)F)C2)ccc1C(=O)SC1CSC1. The van der Waals surface area contributed by atoms with E-state index in [1.165, 1.54) is 30.0 Å². The number of aryl methyl sites for hydroxylation is 1. The maximum Gasteiger partial charge on any atom is 0.435 e. The third kappa shape index (κ3) is 4.45. The first-order chi connectivity index (χ1) is 14.6. The summed E-state index contributed by atoms with van der Waals surface area (Å²) < 4.78 is 42.4. The number of halogens is 5. The van der Waals surface area contributed by atoms with Gasteiger partial charge in [-0.25, -0.2) is 0 Å². The minimum atomic E-state index is -4.76. The predicted octanol–water partition coefficient (Wildman–Crippen LogP) is 6.87. The van der Waals surface area contributed by atoms with Gasteiger partial charge in [0.1, 0.15) is 0 Å². The minimum absolute atomic E-state index is 0.0304. The molecule has 0 aromatic heterocycles. The minimum Gasteiger partial charge on any atom is -0.374 e. The van der Waals surface area contributed by atoms with Crippen molar-refractivity contribution in [3.63, 3.8) is 0 Å². The normalized spacial score (nSPS) is 21.4. The molecule has 1 unspecified atom stereocenters. The largest absolute Gasteiger partial charge is 0.435 e. The molecule has 0 amide bonds. The van der Waals surface area contributed by atoms with Gasteiger partial charge in [-0.3, -0.25) is 4.79 Å². The maximum atomic E-state index is 14.1. The van der Waals surface area contributed by atoms with Gasteiger partial charge < -0.3 is 4.84 Å². The number of carbonyl (C=O) groups excluding carboxylic acids is 1. The molecule has 0 aliphatic carbocycles. The van der Waals surface area contributed by atoms with Gasteiger partial charge in [0, 0.05) is 44.3 Å². The first-order valence-corrected chi connectivity index (χ1v) is 12.1. The van der Waals surface area contributed by atoms with Gasteiger partial charge in [0.05, 0.1) is 5.71 Å². The van der Waals surface area contributed by atoms with E-state index in [0.29, 0.717) is 21.9 Å². The molecular formula is C21H16Cl2F3NO2S2. The van der Waals surface area contributed by atoms with Gasteiger partial charge in [0.2, 0.25) is 5.12 Å². The number of thioether (sulfide) groups is 2. The summed E-state index contributed by atoms with van der Waals surface area (Å²) in [6.45, 7) is 1.76. The monoisotopic (exact) mass is 505 g/mol. The highest BCUT2D eigenvalue weighted by Gasteiger charge is 2.62. The number of rotatable bonds is 4. The second-order valence-electron chi connectivity index (χ2n) is 7.38. The standard InChI is InChI=1S/C21H16Cl2F3NO2S2/c1-11-4-12(2-3-17(11)19(28)31-16-9-30-10-16)18-8-20(29-27-18,21(24,25)26)13-5-14(22)7-15(23)6-13/h2-7,16H,8-10H2,1H3. The van der Waals surface area contributed by atoms with Gasteiger partial charge in [0.25, 0.3) is 5.60 Å². The van der Waals surface area contributed by atoms with Crippen molar-refractivity contribution in [2.75, 3.05) is 11.5 Å². The van der Waals surface area contributed by atoms with E-state index in [-0.39, 0.29) is 26.4 Å². The molecule has 2 aromatic carbocycles. The van der Waals surface area contributed by atoms with Gasteiger partial charge in [-0.2, -0.15) is 24.9 Å². The van der Waals surface area contributed by atoms with Crippen molar-refractivity contribution in [2.24, 2.45) is 5.16 Å². The lowest BCUT2D eigenvalue weighted by Crippen LogP contribution is -2.42. The summed E-state index contributed by atoms with van der Waals surface area (Å²) >= 11 is 15.0. The molecular weight excluding hydrogens is 490 g/mol. The summed E-state index contributed by atoms with van der Waals surface area (Å²) in [5.74, 6) is 1.91. The summed E-state index contributed by atoms with van der Waals surface area (Å²) in [4.78, 5) is 17.5. The van der Waals surface area contributed by atoms with Crippen molar-refractivity contribution in [1.82, 2.24) is 0 Å². The second-order valence-corrected chi connectivity index (χ2v) is 10.6. The molecule has 2 aromatic rings. The molecule has 1 saturated heterocycles. The van der Waals surface area contributed by atoms with Crippen LogP contribution in [0.15, 0.2) is 41.6 Å². The average Bonchev–Trinajstić information content (AvgIpc) is 3.10. The van der Waals surface area contributed by atoms with Crippen molar-refractivity contribution in [3.05, 3.63) is 68.7 Å². The van der Waals surface area contributed by atoms with Crippen molar-refractivity contribution in [3.8, 4) is 0 Å². The lowest BCUT2D eigenvalue weighted by Gasteiger charge is -2.29. The molecule has 0 radical (unpaired) electrons. The molecule has 10 heteroatoms. The molecule has 1 fully saturated rings. The fraction of sp³-hybridized carbons (Fsp3) is 0.333. The van der Waals surface area contributed by atoms with Crippen molar-refractivity contribution in [1.29, 1.82) is 0 Å². The van der Waals surface area contributed by atoms with Crippen molar-refractivity contribution >= 4 is 57.6 Å². The Morgan fingerprint density at radius 1 is 1.19 bits per heavy atom. The highest BCUT2D eigenvalue weighted by atomic mass is 35.5. The highest BCUT2D eigenvalue weighted by Crippen LogP contribution is 2.49. The topological polar surface area (TPSA) is 38.7 Å². The van der Waals surface area contributed by atoms with Crippen molar-refractivity contribution in [2.45, 2.75) is 30.4 Å². The number of hydrogen-bond acceptors (Lipinski definition) is 5. The average molecular weight is 506 g/mol. The zero-order valence-electron chi connectivity index (χ0n) is 16.1.